The minimum Gasteiger partial charge on any atom is -0.344 e. The lowest BCUT2D eigenvalue weighted by molar-refractivity contribution is -0.240. The maximum atomic E-state index is 11.8. The van der Waals surface area contributed by atoms with Gasteiger partial charge in [0.05, 0.1) is 0 Å². The van der Waals surface area contributed by atoms with E-state index in [1.165, 1.54) is 18.3 Å². The van der Waals surface area contributed by atoms with Crippen LogP contribution in [0.3, 0.4) is 0 Å². The molecule has 9 heteroatoms. The molecule has 144 valence electrons. The van der Waals surface area contributed by atoms with Crippen LogP contribution in [0.25, 0.3) is 0 Å². The molecule has 6 atom stereocenters. The molecule has 1 N–H and O–H groups in total. The highest BCUT2D eigenvalue weighted by Gasteiger charge is 2.62. The molecule has 0 bridgehead atoms. The molecule has 0 spiro atoms. The van der Waals surface area contributed by atoms with Crippen molar-refractivity contribution >= 4 is 17.2 Å². The van der Waals surface area contributed by atoms with E-state index in [1.54, 1.807) is 6.20 Å². The van der Waals surface area contributed by atoms with E-state index in [0.717, 1.165) is 5.01 Å². The van der Waals surface area contributed by atoms with Crippen molar-refractivity contribution in [1.82, 2.24) is 10.3 Å². The van der Waals surface area contributed by atoms with Crippen molar-refractivity contribution in [2.45, 2.75) is 82.9 Å². The molecule has 1 aromatic rings. The number of nitrogens with one attached hydrogen (secondary N) is 1. The van der Waals surface area contributed by atoms with Crippen molar-refractivity contribution in [2.24, 2.45) is 0 Å². The molecule has 0 radical (unpaired) electrons. The lowest BCUT2D eigenvalue weighted by atomic mass is 9.94. The third kappa shape index (κ3) is 3.28. The van der Waals surface area contributed by atoms with Gasteiger partial charge in [0.1, 0.15) is 35.5 Å². The molecule has 3 aliphatic heterocycles. The molecular weight excluding hydrogens is 360 g/mol. The number of fused-ring (bicyclic) bond motifs is 3. The van der Waals surface area contributed by atoms with Crippen LogP contribution < -0.4 is 5.32 Å². The Bertz CT molecular complexity index is 679. The van der Waals surface area contributed by atoms with Crippen LogP contribution in [0.2, 0.25) is 0 Å². The van der Waals surface area contributed by atoms with Crippen molar-refractivity contribution in [3.05, 3.63) is 16.6 Å². The smallest absolute Gasteiger partial charge is 0.217 e. The fourth-order valence-corrected chi connectivity index (χ4v) is 4.52. The maximum Gasteiger partial charge on any atom is 0.217 e. The predicted molar refractivity (Wildman–Crippen MR) is 91.2 cm³/mol. The molecule has 1 aromatic heterocycles. The summed E-state index contributed by atoms with van der Waals surface area (Å²) in [5, 5.41) is 5.55. The van der Waals surface area contributed by atoms with Gasteiger partial charge in [-0.15, -0.1) is 11.3 Å². The van der Waals surface area contributed by atoms with Crippen LogP contribution >= 0.6 is 11.3 Å². The summed E-state index contributed by atoms with van der Waals surface area (Å²) in [5.74, 6) is -1.74. The Morgan fingerprint density at radius 2 is 1.77 bits per heavy atom. The van der Waals surface area contributed by atoms with Crippen molar-refractivity contribution < 1.29 is 28.5 Å². The normalized spacial score (nSPS) is 38.4. The summed E-state index contributed by atoms with van der Waals surface area (Å²) in [5.41, 5.74) is 0. The van der Waals surface area contributed by atoms with Gasteiger partial charge in [0.15, 0.2) is 17.9 Å². The second-order valence-corrected chi connectivity index (χ2v) is 8.61. The first kappa shape index (κ1) is 18.3. The molecular formula is C17H24N2O6S. The first-order valence-electron chi connectivity index (χ1n) is 8.68. The van der Waals surface area contributed by atoms with Crippen molar-refractivity contribution in [1.29, 1.82) is 0 Å². The molecule has 0 aromatic carbocycles. The summed E-state index contributed by atoms with van der Waals surface area (Å²) in [4.78, 5) is 16.2. The number of hydrogen-bond donors (Lipinski definition) is 1. The fourth-order valence-electron chi connectivity index (χ4n) is 3.80. The van der Waals surface area contributed by atoms with E-state index in [4.69, 9.17) is 23.7 Å². The van der Waals surface area contributed by atoms with Gasteiger partial charge in [0.2, 0.25) is 5.91 Å². The monoisotopic (exact) mass is 384 g/mol. The largest absolute Gasteiger partial charge is 0.344 e. The summed E-state index contributed by atoms with van der Waals surface area (Å²) in [7, 11) is 0. The number of nitrogens with zero attached hydrogens (tertiary/aromatic N) is 1. The van der Waals surface area contributed by atoms with Gasteiger partial charge in [-0.05, 0) is 27.7 Å². The van der Waals surface area contributed by atoms with Crippen LogP contribution in [0.4, 0.5) is 0 Å². The van der Waals surface area contributed by atoms with E-state index in [9.17, 15) is 4.79 Å². The molecule has 26 heavy (non-hydrogen) atoms. The molecule has 3 fully saturated rings. The van der Waals surface area contributed by atoms with Gasteiger partial charge in [-0.25, -0.2) is 4.98 Å². The summed E-state index contributed by atoms with van der Waals surface area (Å²) in [6.07, 6.45) is -0.620. The highest BCUT2D eigenvalue weighted by molar-refractivity contribution is 7.09. The Kier molecular flexibility index (Phi) is 4.37. The van der Waals surface area contributed by atoms with Gasteiger partial charge in [-0.1, -0.05) is 0 Å². The third-order valence-electron chi connectivity index (χ3n) is 4.60. The molecule has 8 nitrogen and oxygen atoms in total. The first-order valence-corrected chi connectivity index (χ1v) is 9.56. The first-order chi connectivity index (χ1) is 12.2. The topological polar surface area (TPSA) is 88.1 Å². The van der Waals surface area contributed by atoms with E-state index >= 15 is 0 Å². The summed E-state index contributed by atoms with van der Waals surface area (Å²) in [6.45, 7) is 8.86. The molecule has 3 aliphatic rings. The maximum absolute atomic E-state index is 11.8. The average Bonchev–Trinajstić information content (AvgIpc) is 3.19. The third-order valence-corrected chi connectivity index (χ3v) is 5.45. The number of rotatable bonds is 3. The van der Waals surface area contributed by atoms with Gasteiger partial charge >= 0.3 is 0 Å². The summed E-state index contributed by atoms with van der Waals surface area (Å²) in [6, 6.07) is -0.467. The molecule has 0 unspecified atom stereocenters. The fraction of sp³-hybridized carbons (Fsp3) is 0.765. The Morgan fingerprint density at radius 3 is 2.42 bits per heavy atom. The molecule has 1 amide bonds. The number of thiazole rings is 1. The molecule has 0 aliphatic carbocycles. The quantitative estimate of drug-likeness (QED) is 0.849. The second-order valence-electron chi connectivity index (χ2n) is 7.68. The molecule has 3 saturated heterocycles. The van der Waals surface area contributed by atoms with E-state index in [-0.39, 0.29) is 12.0 Å². The highest BCUT2D eigenvalue weighted by atomic mass is 32.1. The zero-order valence-electron chi connectivity index (χ0n) is 15.4. The van der Waals surface area contributed by atoms with Crippen LogP contribution in [-0.4, -0.2) is 53.2 Å². The summed E-state index contributed by atoms with van der Waals surface area (Å²) >= 11 is 1.45. The Hall–Kier alpha value is -1.10. The summed E-state index contributed by atoms with van der Waals surface area (Å²) < 4.78 is 30.4. The van der Waals surface area contributed by atoms with Crippen LogP contribution in [-0.2, 0) is 28.5 Å². The number of amides is 1. The zero-order valence-corrected chi connectivity index (χ0v) is 16.2. The number of ether oxygens (including phenoxy) is 5. The number of hydrogen-bond acceptors (Lipinski definition) is 8. The second kappa shape index (κ2) is 6.22. The van der Waals surface area contributed by atoms with Crippen molar-refractivity contribution in [3.8, 4) is 0 Å². The lowest BCUT2D eigenvalue weighted by Crippen LogP contribution is -2.58. The average molecular weight is 384 g/mol. The van der Waals surface area contributed by atoms with Gasteiger partial charge in [0, 0.05) is 18.5 Å². The molecule has 4 heterocycles. The molecule has 0 saturated carbocycles. The minimum atomic E-state index is -0.786. The van der Waals surface area contributed by atoms with E-state index in [1.807, 2.05) is 33.1 Å². The van der Waals surface area contributed by atoms with E-state index in [0.29, 0.717) is 0 Å². The van der Waals surface area contributed by atoms with Crippen LogP contribution in [0.5, 0.6) is 0 Å². The van der Waals surface area contributed by atoms with Gasteiger partial charge < -0.3 is 29.0 Å². The Morgan fingerprint density at radius 1 is 1.12 bits per heavy atom. The van der Waals surface area contributed by atoms with Crippen LogP contribution in [0.1, 0.15) is 45.7 Å². The highest BCUT2D eigenvalue weighted by Crippen LogP contribution is 2.46. The van der Waals surface area contributed by atoms with Gasteiger partial charge in [-0.3, -0.25) is 4.79 Å². The SMILES string of the molecule is CC(=O)N[C@@H](c1nccs1)[C@H]1O[C@@H]2OC(C)(C)O[C@@H]2[C@H]2OC(C)(C)O[C@H]21. The standard InChI is InChI=1S/C17H24N2O6S/c1-8(20)19-9(14-18-6-7-26-14)10-11-12(23-16(2,3)22-11)13-15(21-10)25-17(4,5)24-13/h6-7,9-13,15H,1-5H3,(H,19,20)/t9-,10-,11+,12+,13-,15-/m1/s1. The van der Waals surface area contributed by atoms with Crippen molar-refractivity contribution in [3.63, 3.8) is 0 Å². The van der Waals surface area contributed by atoms with Gasteiger partial charge in [0.25, 0.3) is 0 Å². The lowest BCUT2D eigenvalue weighted by Gasteiger charge is -2.40. The van der Waals surface area contributed by atoms with Crippen molar-refractivity contribution in [2.75, 3.05) is 0 Å². The molecule has 4 rings (SSSR count). The zero-order chi connectivity index (χ0) is 18.7. The number of carbonyl (C=O) groups excluding carboxylic acids is 1. The van der Waals surface area contributed by atoms with Crippen LogP contribution in [0, 0.1) is 0 Å². The van der Waals surface area contributed by atoms with Gasteiger partial charge in [-0.2, -0.15) is 0 Å². The van der Waals surface area contributed by atoms with Crippen LogP contribution in [0.15, 0.2) is 11.6 Å². The predicted octanol–water partition coefficient (Wildman–Crippen LogP) is 1.72. The Balaban J connectivity index is 1.69. The minimum absolute atomic E-state index is 0.172. The number of aromatic nitrogens is 1. The van der Waals surface area contributed by atoms with E-state index in [2.05, 4.69) is 10.3 Å². The number of carbonyl (C=O) groups is 1. The van der Waals surface area contributed by atoms with E-state index < -0.39 is 42.2 Å². The Labute approximate surface area is 156 Å².